The van der Waals surface area contributed by atoms with E-state index in [0.29, 0.717) is 0 Å². The Balaban J connectivity index is 2.21. The van der Waals surface area contributed by atoms with E-state index in [1.165, 1.54) is 19.2 Å². The number of benzene rings is 2. The van der Waals surface area contributed by atoms with Gasteiger partial charge < -0.3 is 10.1 Å². The van der Waals surface area contributed by atoms with Crippen LogP contribution < -0.4 is 15.4 Å². The predicted octanol–water partition coefficient (Wildman–Crippen LogP) is 2.55. The van der Waals surface area contributed by atoms with Crippen LogP contribution in [0.2, 0.25) is 0 Å². The Kier molecular flexibility index (Phi) is 6.30. The van der Waals surface area contributed by atoms with Gasteiger partial charge in [-0.3, -0.25) is 40.5 Å². The molecule has 0 spiro atoms. The van der Waals surface area contributed by atoms with Crippen LogP contribution in [0.4, 0.5) is 22.7 Å². The Morgan fingerprint density at radius 2 is 1.48 bits per heavy atom. The minimum Gasteiger partial charge on any atom is -0.494 e. The zero-order chi connectivity index (χ0) is 21.7. The van der Waals surface area contributed by atoms with E-state index >= 15 is 0 Å². The zero-order valence-corrected chi connectivity index (χ0v) is 15.3. The largest absolute Gasteiger partial charge is 0.494 e. The first kappa shape index (κ1) is 21.1. The van der Waals surface area contributed by atoms with E-state index in [1.54, 1.807) is 0 Å². The highest BCUT2D eigenvalue weighted by Crippen LogP contribution is 2.29. The summed E-state index contributed by atoms with van der Waals surface area (Å²) in [4.78, 5) is 42.5. The normalized spacial score (nSPS) is 9.97. The van der Waals surface area contributed by atoms with Crippen molar-refractivity contribution < 1.29 is 24.3 Å². The van der Waals surface area contributed by atoms with Gasteiger partial charge in [0.25, 0.3) is 23.0 Å². The van der Waals surface area contributed by atoms with Crippen LogP contribution in [0.25, 0.3) is 0 Å². The number of hydrogen-bond acceptors (Lipinski definition) is 9. The first-order valence-electron chi connectivity index (χ1n) is 7.51. The first-order valence-corrected chi connectivity index (χ1v) is 7.92. The summed E-state index contributed by atoms with van der Waals surface area (Å²) < 4.78 is 5.02. The standard InChI is InChI=1S/C15H11N5O8S/c1-28-13-7-9(18(22)23)2-3-12(13)16-15(29)17-14(21)8-4-10(19(24)25)6-11(5-8)20(26)27/h2-7H,1H3,(H2,16,17,21,29). The third-order valence-corrected chi connectivity index (χ3v) is 3.66. The highest BCUT2D eigenvalue weighted by molar-refractivity contribution is 7.80. The van der Waals surface area contributed by atoms with E-state index in [9.17, 15) is 35.1 Å². The number of amides is 1. The van der Waals surface area contributed by atoms with Gasteiger partial charge in [0.05, 0.1) is 45.3 Å². The van der Waals surface area contributed by atoms with Gasteiger partial charge in [-0.25, -0.2) is 0 Å². The number of nitrogens with one attached hydrogen (secondary N) is 2. The number of rotatable bonds is 6. The number of nitrogens with zero attached hydrogens (tertiary/aromatic N) is 3. The Hall–Kier alpha value is -4.20. The fourth-order valence-electron chi connectivity index (χ4n) is 2.16. The first-order chi connectivity index (χ1) is 13.6. The predicted molar refractivity (Wildman–Crippen MR) is 103 cm³/mol. The fraction of sp³-hybridized carbons (Fsp3) is 0.0667. The third kappa shape index (κ3) is 5.16. The van der Waals surface area contributed by atoms with Crippen LogP contribution >= 0.6 is 12.2 Å². The number of carbonyl (C=O) groups excluding carboxylic acids is 1. The topological polar surface area (TPSA) is 180 Å². The van der Waals surface area contributed by atoms with Crippen LogP contribution in [0.1, 0.15) is 10.4 Å². The number of hydrogen-bond donors (Lipinski definition) is 2. The molecule has 0 aliphatic rings. The smallest absolute Gasteiger partial charge is 0.277 e. The minimum absolute atomic E-state index is 0.0711. The second-order valence-electron chi connectivity index (χ2n) is 5.30. The molecule has 2 aromatic rings. The number of methoxy groups -OCH3 is 1. The Morgan fingerprint density at radius 3 is 1.97 bits per heavy atom. The minimum atomic E-state index is -0.935. The molecule has 0 atom stereocenters. The summed E-state index contributed by atoms with van der Waals surface area (Å²) in [5.74, 6) is -0.864. The maximum absolute atomic E-state index is 12.3. The van der Waals surface area contributed by atoms with Gasteiger partial charge in [-0.1, -0.05) is 0 Å². The van der Waals surface area contributed by atoms with E-state index in [-0.39, 0.29) is 27.8 Å². The lowest BCUT2D eigenvalue weighted by Crippen LogP contribution is -2.34. The van der Waals surface area contributed by atoms with Gasteiger partial charge in [0.1, 0.15) is 5.75 Å². The average molecular weight is 421 g/mol. The second-order valence-corrected chi connectivity index (χ2v) is 5.71. The van der Waals surface area contributed by atoms with Gasteiger partial charge in [-0.15, -0.1) is 0 Å². The summed E-state index contributed by atoms with van der Waals surface area (Å²) in [6.07, 6.45) is 0. The number of nitro benzene ring substituents is 3. The number of carbonyl (C=O) groups is 1. The summed E-state index contributed by atoms with van der Waals surface area (Å²) >= 11 is 4.97. The van der Waals surface area contributed by atoms with Crippen LogP contribution in [0.5, 0.6) is 5.75 Å². The zero-order valence-electron chi connectivity index (χ0n) is 14.5. The van der Waals surface area contributed by atoms with Crippen molar-refractivity contribution in [1.82, 2.24) is 5.32 Å². The van der Waals surface area contributed by atoms with Crippen molar-refractivity contribution >= 4 is 46.0 Å². The van der Waals surface area contributed by atoms with Crippen LogP contribution in [0.15, 0.2) is 36.4 Å². The Bertz CT molecular complexity index is 1010. The molecule has 2 N–H and O–H groups in total. The van der Waals surface area contributed by atoms with Crippen molar-refractivity contribution in [3.05, 3.63) is 72.3 Å². The fourth-order valence-corrected chi connectivity index (χ4v) is 2.37. The van der Waals surface area contributed by atoms with Crippen molar-refractivity contribution in [2.75, 3.05) is 12.4 Å². The molecule has 0 radical (unpaired) electrons. The molecule has 0 aromatic heterocycles. The van der Waals surface area contributed by atoms with Crippen LogP contribution in [0, 0.1) is 30.3 Å². The molecule has 0 heterocycles. The van der Waals surface area contributed by atoms with Crippen LogP contribution in [0.3, 0.4) is 0 Å². The number of ether oxygens (including phenoxy) is 1. The molecular formula is C15H11N5O8S. The van der Waals surface area contributed by atoms with Crippen molar-refractivity contribution in [3.8, 4) is 5.75 Å². The highest BCUT2D eigenvalue weighted by atomic mass is 32.1. The molecule has 0 fully saturated rings. The molecule has 14 heteroatoms. The van der Waals surface area contributed by atoms with E-state index in [4.69, 9.17) is 17.0 Å². The molecule has 0 aliphatic heterocycles. The summed E-state index contributed by atoms with van der Waals surface area (Å²) in [6, 6.07) is 6.05. The maximum Gasteiger partial charge on any atom is 0.277 e. The van der Waals surface area contributed by atoms with E-state index in [1.807, 2.05) is 0 Å². The molecule has 2 aromatic carbocycles. The maximum atomic E-state index is 12.3. The summed E-state index contributed by atoms with van der Waals surface area (Å²) in [6.45, 7) is 0. The summed E-state index contributed by atoms with van der Waals surface area (Å²) in [5.41, 5.74) is -1.66. The Morgan fingerprint density at radius 1 is 0.931 bits per heavy atom. The number of thiocarbonyl (C=S) groups is 1. The van der Waals surface area contributed by atoms with Gasteiger partial charge in [0.2, 0.25) is 0 Å². The molecule has 0 bridgehead atoms. The molecule has 13 nitrogen and oxygen atoms in total. The van der Waals surface area contributed by atoms with E-state index in [2.05, 4.69) is 10.6 Å². The molecule has 2 rings (SSSR count). The molecule has 0 aliphatic carbocycles. The molecule has 0 saturated carbocycles. The number of anilines is 1. The molecule has 0 unspecified atom stereocenters. The monoisotopic (exact) mass is 421 g/mol. The van der Waals surface area contributed by atoms with E-state index in [0.717, 1.165) is 24.3 Å². The molecular weight excluding hydrogens is 410 g/mol. The summed E-state index contributed by atoms with van der Waals surface area (Å²) in [5, 5.41) is 37.2. The quantitative estimate of drug-likeness (QED) is 0.399. The lowest BCUT2D eigenvalue weighted by Gasteiger charge is -2.12. The lowest BCUT2D eigenvalue weighted by molar-refractivity contribution is -0.394. The van der Waals surface area contributed by atoms with Crippen molar-refractivity contribution in [1.29, 1.82) is 0 Å². The highest BCUT2D eigenvalue weighted by Gasteiger charge is 2.21. The third-order valence-electron chi connectivity index (χ3n) is 3.46. The van der Waals surface area contributed by atoms with Crippen LogP contribution in [-0.4, -0.2) is 32.9 Å². The average Bonchev–Trinajstić information content (AvgIpc) is 2.67. The summed E-state index contributed by atoms with van der Waals surface area (Å²) in [7, 11) is 1.27. The number of nitro groups is 3. The molecule has 29 heavy (non-hydrogen) atoms. The van der Waals surface area contributed by atoms with Crippen molar-refractivity contribution in [3.63, 3.8) is 0 Å². The lowest BCUT2D eigenvalue weighted by atomic mass is 10.1. The van der Waals surface area contributed by atoms with Gasteiger partial charge in [0.15, 0.2) is 5.11 Å². The second kappa shape index (κ2) is 8.66. The van der Waals surface area contributed by atoms with Gasteiger partial charge in [-0.2, -0.15) is 0 Å². The Labute approximate surface area is 166 Å². The van der Waals surface area contributed by atoms with Crippen LogP contribution in [-0.2, 0) is 0 Å². The SMILES string of the molecule is COc1cc([N+](=O)[O-])ccc1NC(=S)NC(=O)c1cc([N+](=O)[O-])cc([N+](=O)[O-])c1. The van der Waals surface area contributed by atoms with Crippen molar-refractivity contribution in [2.24, 2.45) is 0 Å². The van der Waals surface area contributed by atoms with E-state index < -0.39 is 32.1 Å². The van der Waals surface area contributed by atoms with Gasteiger partial charge in [0, 0.05) is 18.2 Å². The van der Waals surface area contributed by atoms with Gasteiger partial charge in [-0.05, 0) is 18.3 Å². The molecule has 0 saturated heterocycles. The van der Waals surface area contributed by atoms with Crippen molar-refractivity contribution in [2.45, 2.75) is 0 Å². The molecule has 150 valence electrons. The molecule has 1 amide bonds. The van der Waals surface area contributed by atoms with Gasteiger partial charge >= 0.3 is 0 Å². The number of non-ortho nitro benzene ring substituents is 3.